The van der Waals surface area contributed by atoms with E-state index < -0.39 is 5.91 Å². The van der Waals surface area contributed by atoms with Crippen molar-refractivity contribution in [3.63, 3.8) is 0 Å². The summed E-state index contributed by atoms with van der Waals surface area (Å²) >= 11 is 0. The van der Waals surface area contributed by atoms with E-state index in [-0.39, 0.29) is 31.1 Å². The highest BCUT2D eigenvalue weighted by molar-refractivity contribution is 6.10. The molecule has 0 saturated carbocycles. The Hall–Kier alpha value is -3.55. The van der Waals surface area contributed by atoms with E-state index in [9.17, 15) is 9.59 Å². The minimum atomic E-state index is -0.398. The van der Waals surface area contributed by atoms with Crippen LogP contribution in [-0.4, -0.2) is 31.2 Å². The van der Waals surface area contributed by atoms with Crippen LogP contribution in [0.15, 0.2) is 47.5 Å². The molecule has 0 radical (unpaired) electrons. The topological polar surface area (TPSA) is 98.3 Å². The zero-order valence-electron chi connectivity index (χ0n) is 15.2. The van der Waals surface area contributed by atoms with E-state index in [1.807, 2.05) is 31.2 Å². The van der Waals surface area contributed by atoms with Crippen molar-refractivity contribution < 1.29 is 23.8 Å². The largest absolute Gasteiger partial charge is 0.494 e. The lowest BCUT2D eigenvalue weighted by atomic mass is 10.0. The third-order valence-electron chi connectivity index (χ3n) is 4.36. The lowest BCUT2D eigenvalue weighted by Gasteiger charge is -2.21. The fourth-order valence-electron chi connectivity index (χ4n) is 3.02. The number of hydrogen-bond acceptors (Lipinski definition) is 6. The average molecular weight is 381 g/mol. The number of hydrogen-bond donors (Lipinski definition) is 2. The Morgan fingerprint density at radius 1 is 1.21 bits per heavy atom. The molecule has 0 unspecified atom stereocenters. The minimum absolute atomic E-state index is 0.123. The van der Waals surface area contributed by atoms with Crippen LogP contribution in [0.4, 0.5) is 0 Å². The molecule has 1 atom stereocenters. The van der Waals surface area contributed by atoms with E-state index in [1.165, 1.54) is 0 Å². The van der Waals surface area contributed by atoms with Crippen LogP contribution in [-0.2, 0) is 4.79 Å². The number of nitrogens with one attached hydrogen (secondary N) is 2. The van der Waals surface area contributed by atoms with Gasteiger partial charge in [0.05, 0.1) is 19.1 Å². The minimum Gasteiger partial charge on any atom is -0.494 e. The first-order valence-electron chi connectivity index (χ1n) is 8.94. The van der Waals surface area contributed by atoms with Gasteiger partial charge in [-0.15, -0.1) is 0 Å². The number of nitrogens with zero attached hydrogens (tertiary/aromatic N) is 1. The van der Waals surface area contributed by atoms with E-state index in [0.717, 1.165) is 11.3 Å². The van der Waals surface area contributed by atoms with Gasteiger partial charge in [0.1, 0.15) is 5.75 Å². The third kappa shape index (κ3) is 3.75. The monoisotopic (exact) mass is 381 g/mol. The van der Waals surface area contributed by atoms with Crippen molar-refractivity contribution in [2.45, 2.75) is 19.4 Å². The zero-order chi connectivity index (χ0) is 19.5. The molecule has 0 aliphatic carbocycles. The molecule has 4 rings (SSSR count). The number of fused-ring (bicyclic) bond motifs is 1. The van der Waals surface area contributed by atoms with Crippen molar-refractivity contribution in [2.24, 2.45) is 4.99 Å². The van der Waals surface area contributed by atoms with Crippen LogP contribution in [0.5, 0.6) is 17.2 Å². The number of benzene rings is 2. The Bertz CT molecular complexity index is 939. The molecule has 144 valence electrons. The maximum Gasteiger partial charge on any atom is 0.258 e. The maximum absolute atomic E-state index is 12.5. The van der Waals surface area contributed by atoms with Gasteiger partial charge in [-0.1, -0.05) is 12.1 Å². The maximum atomic E-state index is 12.5. The first kappa shape index (κ1) is 17.8. The SMILES string of the molecule is CCOc1ccc([C@@H]2CC(=O)NC(NC(=O)c3ccc4c(c3)OCO4)=N2)cc1. The average Bonchev–Trinajstić information content (AvgIpc) is 3.16. The van der Waals surface area contributed by atoms with Crippen molar-refractivity contribution in [3.05, 3.63) is 53.6 Å². The number of aliphatic imine (C=N–C) groups is 1. The molecule has 0 fully saturated rings. The third-order valence-corrected chi connectivity index (χ3v) is 4.36. The highest BCUT2D eigenvalue weighted by atomic mass is 16.7. The summed E-state index contributed by atoms with van der Waals surface area (Å²) in [6.07, 6.45) is 0.206. The molecule has 8 nitrogen and oxygen atoms in total. The highest BCUT2D eigenvalue weighted by Gasteiger charge is 2.24. The van der Waals surface area contributed by atoms with Gasteiger partial charge in [0.15, 0.2) is 11.5 Å². The summed E-state index contributed by atoms with van der Waals surface area (Å²) < 4.78 is 16.0. The molecule has 0 spiro atoms. The van der Waals surface area contributed by atoms with Crippen LogP contribution in [0.2, 0.25) is 0 Å². The van der Waals surface area contributed by atoms with Crippen LogP contribution >= 0.6 is 0 Å². The van der Waals surface area contributed by atoms with Gasteiger partial charge in [-0.2, -0.15) is 0 Å². The van der Waals surface area contributed by atoms with Crippen LogP contribution < -0.4 is 24.8 Å². The van der Waals surface area contributed by atoms with Crippen LogP contribution in [0, 0.1) is 0 Å². The second-order valence-corrected chi connectivity index (χ2v) is 6.27. The number of carbonyl (C=O) groups excluding carboxylic acids is 2. The first-order chi connectivity index (χ1) is 13.6. The Kier molecular flexibility index (Phi) is 4.84. The van der Waals surface area contributed by atoms with Crippen molar-refractivity contribution >= 4 is 17.8 Å². The summed E-state index contributed by atoms with van der Waals surface area (Å²) in [5.41, 5.74) is 1.25. The Labute approximate surface area is 161 Å². The molecule has 2 aliphatic rings. The molecule has 2 amide bonds. The van der Waals surface area contributed by atoms with Crippen molar-refractivity contribution in [3.8, 4) is 17.2 Å². The summed E-state index contributed by atoms with van der Waals surface area (Å²) in [5.74, 6) is 1.37. The van der Waals surface area contributed by atoms with Gasteiger partial charge in [0.2, 0.25) is 18.7 Å². The molecular weight excluding hydrogens is 362 g/mol. The van der Waals surface area contributed by atoms with E-state index in [1.54, 1.807) is 18.2 Å². The lowest BCUT2D eigenvalue weighted by molar-refractivity contribution is -0.120. The van der Waals surface area contributed by atoms with Gasteiger partial charge in [0, 0.05) is 5.56 Å². The Morgan fingerprint density at radius 3 is 2.79 bits per heavy atom. The van der Waals surface area contributed by atoms with Crippen molar-refractivity contribution in [1.29, 1.82) is 0 Å². The van der Waals surface area contributed by atoms with Crippen molar-refractivity contribution in [2.75, 3.05) is 13.4 Å². The van der Waals surface area contributed by atoms with Crippen molar-refractivity contribution in [1.82, 2.24) is 10.6 Å². The quantitative estimate of drug-likeness (QED) is 0.846. The number of carbonyl (C=O) groups is 2. The molecule has 0 saturated heterocycles. The van der Waals surface area contributed by atoms with E-state index in [0.29, 0.717) is 23.7 Å². The first-order valence-corrected chi connectivity index (χ1v) is 8.94. The Balaban J connectivity index is 1.50. The molecule has 0 aromatic heterocycles. The van der Waals surface area contributed by atoms with Gasteiger partial charge < -0.3 is 14.2 Å². The second-order valence-electron chi connectivity index (χ2n) is 6.27. The Morgan fingerprint density at radius 2 is 2.00 bits per heavy atom. The molecule has 0 bridgehead atoms. The normalized spacial score (nSPS) is 17.5. The lowest BCUT2D eigenvalue weighted by Crippen LogP contribution is -2.47. The van der Waals surface area contributed by atoms with Gasteiger partial charge in [-0.25, -0.2) is 4.99 Å². The predicted molar refractivity (Wildman–Crippen MR) is 101 cm³/mol. The standard InChI is InChI=1S/C20H19N3O5/c1-2-26-14-6-3-12(4-7-14)15-10-18(24)22-20(21-15)23-19(25)13-5-8-16-17(9-13)28-11-27-16/h3-9,15H,2,10-11H2,1H3,(H2,21,22,23,24,25)/t15-/m0/s1. The summed E-state index contributed by atoms with van der Waals surface area (Å²) in [6, 6.07) is 11.9. The molecule has 2 aromatic carbocycles. The number of rotatable bonds is 4. The number of ether oxygens (including phenoxy) is 3. The fraction of sp³-hybridized carbons (Fsp3) is 0.250. The van der Waals surface area contributed by atoms with Gasteiger partial charge in [0.25, 0.3) is 5.91 Å². The molecule has 2 aliphatic heterocycles. The van der Waals surface area contributed by atoms with Gasteiger partial charge in [-0.3, -0.25) is 20.2 Å². The van der Waals surface area contributed by atoms with Crippen LogP contribution in [0.1, 0.15) is 35.3 Å². The van der Waals surface area contributed by atoms with Gasteiger partial charge >= 0.3 is 0 Å². The second kappa shape index (κ2) is 7.59. The highest BCUT2D eigenvalue weighted by Crippen LogP contribution is 2.32. The predicted octanol–water partition coefficient (Wildman–Crippen LogP) is 2.16. The fourth-order valence-corrected chi connectivity index (χ4v) is 3.02. The molecular formula is C20H19N3O5. The molecule has 2 heterocycles. The molecule has 8 heteroatoms. The van der Waals surface area contributed by atoms with Crippen LogP contribution in [0.25, 0.3) is 0 Å². The summed E-state index contributed by atoms with van der Waals surface area (Å²) in [5, 5.41) is 5.25. The zero-order valence-corrected chi connectivity index (χ0v) is 15.2. The summed E-state index contributed by atoms with van der Waals surface area (Å²) in [4.78, 5) is 29.1. The smallest absolute Gasteiger partial charge is 0.258 e. The summed E-state index contributed by atoms with van der Waals surface area (Å²) in [7, 11) is 0. The van der Waals surface area contributed by atoms with E-state index >= 15 is 0 Å². The number of guanidine groups is 1. The van der Waals surface area contributed by atoms with Crippen LogP contribution in [0.3, 0.4) is 0 Å². The summed E-state index contributed by atoms with van der Waals surface area (Å²) in [6.45, 7) is 2.63. The number of amides is 2. The molecule has 28 heavy (non-hydrogen) atoms. The molecule has 2 N–H and O–H groups in total. The van der Waals surface area contributed by atoms with E-state index in [2.05, 4.69) is 15.6 Å². The van der Waals surface area contributed by atoms with E-state index in [4.69, 9.17) is 14.2 Å². The molecule has 2 aromatic rings. The van der Waals surface area contributed by atoms with Gasteiger partial charge in [-0.05, 0) is 42.8 Å².